The SMILES string of the molecule is CCOCc1nc(N)cc(-c2ccc(C)cc2)n1. The molecular weight excluding hydrogens is 226 g/mol. The van der Waals surface area contributed by atoms with Crippen molar-refractivity contribution in [3.8, 4) is 11.3 Å². The molecular formula is C14H17N3O. The molecule has 2 N–H and O–H groups in total. The third-order valence-corrected chi connectivity index (χ3v) is 2.57. The maximum Gasteiger partial charge on any atom is 0.157 e. The summed E-state index contributed by atoms with van der Waals surface area (Å²) in [6.45, 7) is 5.02. The van der Waals surface area contributed by atoms with Crippen LogP contribution in [-0.4, -0.2) is 16.6 Å². The zero-order valence-corrected chi connectivity index (χ0v) is 10.7. The Balaban J connectivity index is 2.32. The van der Waals surface area contributed by atoms with Crippen molar-refractivity contribution in [3.63, 3.8) is 0 Å². The normalized spacial score (nSPS) is 10.6. The van der Waals surface area contributed by atoms with Crippen LogP contribution in [0, 0.1) is 6.92 Å². The summed E-state index contributed by atoms with van der Waals surface area (Å²) in [4.78, 5) is 8.61. The van der Waals surface area contributed by atoms with Gasteiger partial charge in [0.05, 0.1) is 5.69 Å². The number of hydrogen-bond acceptors (Lipinski definition) is 4. The highest BCUT2D eigenvalue weighted by Gasteiger charge is 2.05. The van der Waals surface area contributed by atoms with Crippen LogP contribution in [-0.2, 0) is 11.3 Å². The summed E-state index contributed by atoms with van der Waals surface area (Å²) >= 11 is 0. The number of nitrogens with two attached hydrogens (primary N) is 1. The van der Waals surface area contributed by atoms with Gasteiger partial charge in [0.25, 0.3) is 0 Å². The van der Waals surface area contributed by atoms with E-state index in [2.05, 4.69) is 29.0 Å². The monoisotopic (exact) mass is 243 g/mol. The number of nitrogen functional groups attached to an aromatic ring is 1. The van der Waals surface area contributed by atoms with Gasteiger partial charge in [-0.15, -0.1) is 0 Å². The first-order chi connectivity index (χ1) is 8.69. The average molecular weight is 243 g/mol. The molecule has 0 amide bonds. The molecule has 0 fully saturated rings. The van der Waals surface area contributed by atoms with Crippen LogP contribution in [0.3, 0.4) is 0 Å². The zero-order chi connectivity index (χ0) is 13.0. The molecule has 94 valence electrons. The van der Waals surface area contributed by atoms with E-state index in [0.29, 0.717) is 24.9 Å². The van der Waals surface area contributed by atoms with Gasteiger partial charge in [-0.3, -0.25) is 0 Å². The van der Waals surface area contributed by atoms with Crippen LogP contribution in [0.15, 0.2) is 30.3 Å². The van der Waals surface area contributed by atoms with Crippen molar-refractivity contribution < 1.29 is 4.74 Å². The lowest BCUT2D eigenvalue weighted by Gasteiger charge is -2.06. The molecule has 0 saturated carbocycles. The molecule has 0 unspecified atom stereocenters. The van der Waals surface area contributed by atoms with E-state index < -0.39 is 0 Å². The molecule has 0 saturated heterocycles. The van der Waals surface area contributed by atoms with Crippen molar-refractivity contribution in [3.05, 3.63) is 41.7 Å². The molecule has 4 heteroatoms. The van der Waals surface area contributed by atoms with Crippen LogP contribution in [0.1, 0.15) is 18.3 Å². The number of aryl methyl sites for hydroxylation is 1. The maximum atomic E-state index is 5.79. The third-order valence-electron chi connectivity index (χ3n) is 2.57. The average Bonchev–Trinajstić information content (AvgIpc) is 2.36. The summed E-state index contributed by atoms with van der Waals surface area (Å²) in [5.41, 5.74) is 8.88. The van der Waals surface area contributed by atoms with E-state index in [0.717, 1.165) is 11.3 Å². The van der Waals surface area contributed by atoms with Gasteiger partial charge in [0.1, 0.15) is 12.4 Å². The van der Waals surface area contributed by atoms with Gasteiger partial charge in [0.2, 0.25) is 0 Å². The second kappa shape index (κ2) is 5.60. The molecule has 4 nitrogen and oxygen atoms in total. The minimum atomic E-state index is 0.389. The number of benzene rings is 1. The largest absolute Gasteiger partial charge is 0.384 e. The van der Waals surface area contributed by atoms with Crippen molar-refractivity contribution >= 4 is 5.82 Å². The Morgan fingerprint density at radius 1 is 1.17 bits per heavy atom. The Kier molecular flexibility index (Phi) is 3.89. The van der Waals surface area contributed by atoms with Gasteiger partial charge in [-0.25, -0.2) is 9.97 Å². The van der Waals surface area contributed by atoms with Crippen LogP contribution in [0.25, 0.3) is 11.3 Å². The minimum Gasteiger partial charge on any atom is -0.384 e. The summed E-state index contributed by atoms with van der Waals surface area (Å²) in [6.07, 6.45) is 0. The third kappa shape index (κ3) is 3.05. The van der Waals surface area contributed by atoms with E-state index in [9.17, 15) is 0 Å². The first-order valence-corrected chi connectivity index (χ1v) is 5.97. The van der Waals surface area contributed by atoms with Crippen LogP contribution in [0.5, 0.6) is 0 Å². The molecule has 0 aliphatic rings. The van der Waals surface area contributed by atoms with E-state index in [1.165, 1.54) is 5.56 Å². The van der Waals surface area contributed by atoms with Crippen molar-refractivity contribution in [2.75, 3.05) is 12.3 Å². The molecule has 1 aromatic carbocycles. The van der Waals surface area contributed by atoms with E-state index in [1.807, 2.05) is 19.1 Å². The van der Waals surface area contributed by atoms with Crippen LogP contribution in [0.4, 0.5) is 5.82 Å². The van der Waals surface area contributed by atoms with Crippen LogP contribution >= 0.6 is 0 Å². The van der Waals surface area contributed by atoms with E-state index in [4.69, 9.17) is 10.5 Å². The molecule has 0 aliphatic carbocycles. The maximum absolute atomic E-state index is 5.79. The number of hydrogen-bond donors (Lipinski definition) is 1. The lowest BCUT2D eigenvalue weighted by molar-refractivity contribution is 0.128. The fourth-order valence-electron chi connectivity index (χ4n) is 1.65. The highest BCUT2D eigenvalue weighted by atomic mass is 16.5. The fraction of sp³-hybridized carbons (Fsp3) is 0.286. The lowest BCUT2D eigenvalue weighted by Crippen LogP contribution is -2.03. The topological polar surface area (TPSA) is 61.0 Å². The Morgan fingerprint density at radius 2 is 1.89 bits per heavy atom. The van der Waals surface area contributed by atoms with E-state index in [1.54, 1.807) is 6.07 Å². The van der Waals surface area contributed by atoms with Crippen LogP contribution in [0.2, 0.25) is 0 Å². The minimum absolute atomic E-state index is 0.389. The molecule has 0 aliphatic heterocycles. The molecule has 1 heterocycles. The number of aromatic nitrogens is 2. The number of nitrogens with zero attached hydrogens (tertiary/aromatic N) is 2. The lowest BCUT2D eigenvalue weighted by atomic mass is 10.1. The Morgan fingerprint density at radius 3 is 2.56 bits per heavy atom. The predicted molar refractivity (Wildman–Crippen MR) is 71.9 cm³/mol. The molecule has 2 aromatic rings. The first-order valence-electron chi connectivity index (χ1n) is 5.97. The summed E-state index contributed by atoms with van der Waals surface area (Å²) < 4.78 is 5.30. The molecule has 1 aromatic heterocycles. The van der Waals surface area contributed by atoms with Gasteiger partial charge < -0.3 is 10.5 Å². The highest BCUT2D eigenvalue weighted by molar-refractivity contribution is 5.62. The molecule has 0 spiro atoms. The molecule has 2 rings (SSSR count). The molecule has 0 radical (unpaired) electrons. The summed E-state index contributed by atoms with van der Waals surface area (Å²) in [7, 11) is 0. The summed E-state index contributed by atoms with van der Waals surface area (Å²) in [6, 6.07) is 9.94. The van der Waals surface area contributed by atoms with Gasteiger partial charge in [-0.1, -0.05) is 29.8 Å². The summed E-state index contributed by atoms with van der Waals surface area (Å²) in [5, 5.41) is 0. The Labute approximate surface area is 107 Å². The number of anilines is 1. The van der Waals surface area contributed by atoms with Crippen molar-refractivity contribution in [2.45, 2.75) is 20.5 Å². The van der Waals surface area contributed by atoms with Crippen LogP contribution < -0.4 is 5.73 Å². The smallest absolute Gasteiger partial charge is 0.157 e. The number of rotatable bonds is 4. The standard InChI is InChI=1S/C14H17N3O/c1-3-18-9-14-16-12(8-13(15)17-14)11-6-4-10(2)5-7-11/h4-8H,3,9H2,1-2H3,(H2,15,16,17). The van der Waals surface area contributed by atoms with Crippen molar-refractivity contribution in [1.82, 2.24) is 9.97 Å². The van der Waals surface area contributed by atoms with Gasteiger partial charge in [-0.05, 0) is 13.8 Å². The second-order valence-corrected chi connectivity index (χ2v) is 4.10. The zero-order valence-electron chi connectivity index (χ0n) is 10.7. The van der Waals surface area contributed by atoms with Gasteiger partial charge in [0.15, 0.2) is 5.82 Å². The molecule has 0 atom stereocenters. The van der Waals surface area contributed by atoms with Gasteiger partial charge >= 0.3 is 0 Å². The van der Waals surface area contributed by atoms with E-state index >= 15 is 0 Å². The predicted octanol–water partition coefficient (Wildman–Crippen LogP) is 2.57. The Hall–Kier alpha value is -1.94. The fourth-order valence-corrected chi connectivity index (χ4v) is 1.65. The van der Waals surface area contributed by atoms with Gasteiger partial charge in [-0.2, -0.15) is 0 Å². The first kappa shape index (κ1) is 12.5. The quantitative estimate of drug-likeness (QED) is 0.896. The Bertz CT molecular complexity index is 523. The van der Waals surface area contributed by atoms with Crippen molar-refractivity contribution in [1.29, 1.82) is 0 Å². The van der Waals surface area contributed by atoms with E-state index in [-0.39, 0.29) is 0 Å². The molecule has 18 heavy (non-hydrogen) atoms. The molecule has 0 bridgehead atoms. The van der Waals surface area contributed by atoms with Crippen molar-refractivity contribution in [2.24, 2.45) is 0 Å². The second-order valence-electron chi connectivity index (χ2n) is 4.10. The van der Waals surface area contributed by atoms with Gasteiger partial charge in [0, 0.05) is 18.2 Å². The summed E-state index contributed by atoms with van der Waals surface area (Å²) in [5.74, 6) is 1.09. The number of ether oxygens (including phenoxy) is 1. The highest BCUT2D eigenvalue weighted by Crippen LogP contribution is 2.19.